The number of benzene rings is 3. The molecule has 0 amide bonds. The average molecular weight is 958 g/mol. The highest BCUT2D eigenvalue weighted by molar-refractivity contribution is 5.88. The number of halogens is 2. The number of aromatic nitrogens is 3. The van der Waals surface area contributed by atoms with E-state index in [1.54, 1.807) is 28.6 Å². The van der Waals surface area contributed by atoms with Crippen LogP contribution in [0.1, 0.15) is 141 Å². The van der Waals surface area contributed by atoms with Crippen LogP contribution in [-0.4, -0.2) is 92.2 Å². The maximum Gasteiger partial charge on any atom is 0.116 e. The van der Waals surface area contributed by atoms with E-state index in [2.05, 4.69) is 101 Å². The number of aromatic hydroxyl groups is 1. The molecule has 7 nitrogen and oxygen atoms in total. The van der Waals surface area contributed by atoms with Gasteiger partial charge in [-0.1, -0.05) is 63.3 Å². The van der Waals surface area contributed by atoms with Gasteiger partial charge in [-0.15, -0.1) is 24.8 Å². The molecule has 4 N–H and O–H groups in total. The Hall–Kier alpha value is -3.46. The third-order valence-electron chi connectivity index (χ3n) is 19.8. The van der Waals surface area contributed by atoms with Crippen molar-refractivity contribution in [3.8, 4) is 5.75 Å². The van der Waals surface area contributed by atoms with Crippen LogP contribution < -0.4 is 0 Å². The van der Waals surface area contributed by atoms with Crippen LogP contribution in [0.4, 0.5) is 0 Å². The summed E-state index contributed by atoms with van der Waals surface area (Å²) in [7, 11) is 0. The van der Waals surface area contributed by atoms with Crippen LogP contribution in [0.3, 0.4) is 0 Å². The van der Waals surface area contributed by atoms with Crippen molar-refractivity contribution in [3.63, 3.8) is 0 Å². The first-order chi connectivity index (χ1) is 32.2. The lowest BCUT2D eigenvalue weighted by molar-refractivity contribution is -0.0134. The lowest BCUT2D eigenvalue weighted by atomic mass is 9.65. The van der Waals surface area contributed by atoms with Crippen LogP contribution in [0.25, 0.3) is 32.7 Å². The molecule has 0 spiro atoms. The Balaban J connectivity index is 0.000000110. The maximum absolute atomic E-state index is 9.87. The first kappa shape index (κ1) is 46.9. The molecule has 9 fully saturated rings. The number of fused-ring (bicyclic) bond motifs is 12. The van der Waals surface area contributed by atoms with Crippen molar-refractivity contribution in [3.05, 3.63) is 99.5 Å². The first-order valence-corrected chi connectivity index (χ1v) is 27.0. The molecular formula is C59H78Cl2N6O. The van der Waals surface area contributed by atoms with E-state index >= 15 is 0 Å². The standard InChI is InChI=1S/2C20H26N2.C19H24N2O.2ClH/c2*1-3-14-9-13-10-17-19-15(6-7-22(11-13)20(14)17)16-8-12(2)4-5-18(16)21-19;1-2-12-7-11-8-16-18-14(5-6-21(10-11)19(12)16)15-9-13(22)3-4-17(15)20-18;;/h2*4-5,8,13-14,17,20-21H,3,6-7,9-11H2,1-2H3;3-4,9,11-12,16,19-20,22H,2,5-8,10H2,1H3;2*1H/t2*13?,14?,17-,20?;11?,12?,16-,19?;;/m000../s1. The number of phenols is 1. The van der Waals surface area contributed by atoms with E-state index in [4.69, 9.17) is 0 Å². The van der Waals surface area contributed by atoms with Crippen LogP contribution in [-0.2, 0) is 19.3 Å². The minimum atomic E-state index is 0. The second-order valence-electron chi connectivity index (χ2n) is 23.4. The van der Waals surface area contributed by atoms with E-state index in [0.29, 0.717) is 11.7 Å². The summed E-state index contributed by atoms with van der Waals surface area (Å²) in [5, 5.41) is 14.1. The fourth-order valence-corrected chi connectivity index (χ4v) is 17.3. The highest BCUT2D eigenvalue weighted by Crippen LogP contribution is 2.54. The van der Waals surface area contributed by atoms with Gasteiger partial charge >= 0.3 is 0 Å². The van der Waals surface area contributed by atoms with Gasteiger partial charge in [0.2, 0.25) is 0 Å². The van der Waals surface area contributed by atoms with Crippen molar-refractivity contribution in [1.29, 1.82) is 0 Å². The summed E-state index contributed by atoms with van der Waals surface area (Å²) in [5.74, 6) is 7.99. The lowest BCUT2D eigenvalue weighted by Gasteiger charge is -2.53. The Morgan fingerprint density at radius 3 is 1.16 bits per heavy atom. The van der Waals surface area contributed by atoms with Crippen molar-refractivity contribution in [1.82, 2.24) is 29.7 Å². The molecule has 9 heteroatoms. The predicted molar refractivity (Wildman–Crippen MR) is 285 cm³/mol. The fourth-order valence-electron chi connectivity index (χ4n) is 17.3. The number of aryl methyl sites for hydroxylation is 2. The Morgan fingerprint density at radius 1 is 0.471 bits per heavy atom. The third kappa shape index (κ3) is 7.60. The number of H-pyrrole nitrogens is 3. The van der Waals surface area contributed by atoms with Gasteiger partial charge in [0.15, 0.2) is 0 Å². The molecule has 364 valence electrons. The predicted octanol–water partition coefficient (Wildman–Crippen LogP) is 13.0. The zero-order valence-corrected chi connectivity index (χ0v) is 43.1. The number of aromatic amines is 3. The minimum Gasteiger partial charge on any atom is -0.508 e. The van der Waals surface area contributed by atoms with E-state index in [1.165, 1.54) is 165 Å². The van der Waals surface area contributed by atoms with Gasteiger partial charge in [0.1, 0.15) is 5.75 Å². The SMILES string of the molecule is CCC1CC2C[C@H]3c4[nH]c5ccc(C)cc5c4CCN(C2)C13.CCC1CC2C[C@H]3c4[nH]c5ccc(C)cc5c4CCN(C2)C13.CCC1CC2C[C@H]3c4[nH]c5ccc(O)cc5c4CCN(C2)C13.Cl.Cl. The van der Waals surface area contributed by atoms with Crippen molar-refractivity contribution >= 4 is 57.5 Å². The molecule has 0 radical (unpaired) electrons. The van der Waals surface area contributed by atoms with Crippen LogP contribution in [0, 0.1) is 49.4 Å². The third-order valence-corrected chi connectivity index (χ3v) is 19.8. The molecule has 3 aromatic carbocycles. The molecule has 6 saturated heterocycles. The summed E-state index contributed by atoms with van der Waals surface area (Å²) >= 11 is 0. The second-order valence-corrected chi connectivity index (χ2v) is 23.4. The smallest absolute Gasteiger partial charge is 0.116 e. The molecule has 3 aromatic heterocycles. The molecular weight excluding hydrogens is 880 g/mol. The maximum atomic E-state index is 9.87. The summed E-state index contributed by atoms with van der Waals surface area (Å²) < 4.78 is 0. The van der Waals surface area contributed by atoms with Crippen molar-refractivity contribution in [2.75, 3.05) is 39.3 Å². The highest BCUT2D eigenvalue weighted by atomic mass is 35.5. The van der Waals surface area contributed by atoms with Gasteiger partial charge in [-0.3, -0.25) is 14.7 Å². The summed E-state index contributed by atoms with van der Waals surface area (Å²) in [6, 6.07) is 22.0. The molecule has 15 atom stereocenters. The first-order valence-electron chi connectivity index (χ1n) is 27.0. The average Bonchev–Trinajstić information content (AvgIpc) is 3.95. The van der Waals surface area contributed by atoms with Gasteiger partial charge in [0.25, 0.3) is 0 Å². The Kier molecular flexibility index (Phi) is 12.6. The van der Waals surface area contributed by atoms with Crippen molar-refractivity contribution < 1.29 is 5.11 Å². The molecule has 68 heavy (non-hydrogen) atoms. The molecule has 3 aliphatic carbocycles. The number of piperidine rings is 6. The number of nitrogens with zero attached hydrogens (tertiary/aromatic N) is 3. The number of rotatable bonds is 3. The summed E-state index contributed by atoms with van der Waals surface area (Å²) in [5.41, 5.74) is 16.1. The van der Waals surface area contributed by atoms with E-state index < -0.39 is 0 Å². The Labute approximate surface area is 417 Å². The van der Waals surface area contributed by atoms with E-state index in [9.17, 15) is 5.11 Å². The monoisotopic (exact) mass is 957 g/mol. The largest absolute Gasteiger partial charge is 0.508 e. The van der Waals surface area contributed by atoms with E-state index in [0.717, 1.165) is 71.9 Å². The second kappa shape index (κ2) is 18.3. The summed E-state index contributed by atoms with van der Waals surface area (Å²) in [6.45, 7) is 19.3. The van der Waals surface area contributed by atoms with Gasteiger partial charge in [0.05, 0.1) is 0 Å². The van der Waals surface area contributed by atoms with E-state index in [1.807, 2.05) is 12.1 Å². The zero-order valence-electron chi connectivity index (χ0n) is 41.5. The fraction of sp³-hybridized carbons (Fsp3) is 0.593. The molecule has 12 heterocycles. The van der Waals surface area contributed by atoms with Crippen LogP contribution in [0.15, 0.2) is 54.6 Å². The van der Waals surface area contributed by atoms with Gasteiger partial charge in [0, 0.05) is 125 Å². The normalized spacial score (nSPS) is 35.3. The lowest BCUT2D eigenvalue weighted by Crippen LogP contribution is -2.56. The molecule has 18 rings (SSSR count). The van der Waals surface area contributed by atoms with Crippen molar-refractivity contribution in [2.45, 2.75) is 148 Å². The quantitative estimate of drug-likeness (QED) is 0.143. The Bertz CT molecular complexity index is 2510. The van der Waals surface area contributed by atoms with Gasteiger partial charge < -0.3 is 20.1 Å². The molecule has 12 aliphatic rings. The van der Waals surface area contributed by atoms with Gasteiger partial charge in [-0.05, 0) is 166 Å². The number of hydrogen-bond acceptors (Lipinski definition) is 4. The van der Waals surface area contributed by atoms with Gasteiger partial charge in [-0.2, -0.15) is 0 Å². The topological polar surface area (TPSA) is 77.3 Å². The van der Waals surface area contributed by atoms with Crippen LogP contribution >= 0.6 is 24.8 Å². The highest BCUT2D eigenvalue weighted by Gasteiger charge is 2.51. The summed E-state index contributed by atoms with van der Waals surface area (Å²) in [6.07, 6.45) is 16.2. The molecule has 6 aromatic rings. The minimum absolute atomic E-state index is 0. The zero-order chi connectivity index (χ0) is 44.5. The molecule has 12 bridgehead atoms. The number of nitrogens with one attached hydrogen (secondary N) is 3. The molecule has 9 aliphatic heterocycles. The molecule has 12 unspecified atom stereocenters. The van der Waals surface area contributed by atoms with Crippen LogP contribution in [0.5, 0.6) is 5.75 Å². The van der Waals surface area contributed by atoms with Crippen molar-refractivity contribution in [2.24, 2.45) is 35.5 Å². The molecule has 3 saturated carbocycles. The summed E-state index contributed by atoms with van der Waals surface area (Å²) in [4.78, 5) is 19.9. The number of phenolic OH excluding ortho intramolecular Hbond substituents is 1. The Morgan fingerprint density at radius 2 is 0.809 bits per heavy atom. The number of hydrogen-bond donors (Lipinski definition) is 4. The van der Waals surface area contributed by atoms with Gasteiger partial charge in [-0.25, -0.2) is 0 Å². The van der Waals surface area contributed by atoms with E-state index in [-0.39, 0.29) is 24.8 Å². The van der Waals surface area contributed by atoms with Crippen LogP contribution in [0.2, 0.25) is 0 Å².